The number of para-hydroxylation sites is 1. The molecule has 1 saturated carbocycles. The predicted octanol–water partition coefficient (Wildman–Crippen LogP) is 5.27. The van der Waals surface area contributed by atoms with Crippen molar-refractivity contribution >= 4 is 45.7 Å². The molecule has 0 amide bonds. The number of halogens is 1. The lowest BCUT2D eigenvalue weighted by Crippen LogP contribution is -2.26. The molecule has 1 atom stereocenters. The Morgan fingerprint density at radius 3 is 2.72 bits per heavy atom. The Morgan fingerprint density at radius 1 is 1.25 bits per heavy atom. The van der Waals surface area contributed by atoms with Crippen molar-refractivity contribution in [1.29, 1.82) is 0 Å². The zero-order valence-electron chi connectivity index (χ0n) is 20.7. The number of nitrogens with zero attached hydrogens (tertiary/aromatic N) is 3. The number of hydrogen-bond donors (Lipinski definition) is 0. The Morgan fingerprint density at radius 2 is 2.00 bits per heavy atom. The van der Waals surface area contributed by atoms with Crippen LogP contribution in [0.25, 0.3) is 10.9 Å². The fourth-order valence-corrected chi connectivity index (χ4v) is 5.17. The van der Waals surface area contributed by atoms with Gasteiger partial charge in [-0.1, -0.05) is 31.4 Å². The summed E-state index contributed by atoms with van der Waals surface area (Å²) in [5.41, 5.74) is 1.24. The maximum Gasteiger partial charge on any atom is 0.347 e. The third-order valence-corrected chi connectivity index (χ3v) is 7.04. The number of fused-ring (bicyclic) bond motifs is 1. The van der Waals surface area contributed by atoms with Gasteiger partial charge >= 0.3 is 5.97 Å². The first-order valence-corrected chi connectivity index (χ1v) is 13.3. The van der Waals surface area contributed by atoms with E-state index in [0.29, 0.717) is 28.2 Å². The number of ether oxygens (including phenoxy) is 3. The summed E-state index contributed by atoms with van der Waals surface area (Å²) in [7, 11) is 1.53. The molecule has 1 heterocycles. The number of methoxy groups -OCH3 is 1. The molecule has 0 spiro atoms. The molecule has 9 heteroatoms. The molecular weight excluding hydrogens is 573 g/mol. The molecular formula is C27H30IN3O5. The summed E-state index contributed by atoms with van der Waals surface area (Å²) in [5.74, 6) is 1.36. The molecule has 0 N–H and O–H groups in total. The second-order valence-electron chi connectivity index (χ2n) is 8.73. The summed E-state index contributed by atoms with van der Waals surface area (Å²) in [6.45, 7) is 3.66. The minimum atomic E-state index is -0.785. The molecule has 2 aromatic carbocycles. The molecule has 0 saturated heterocycles. The standard InChI is InChI=1S/C27H30IN3O5/c1-4-35-27(33)17(2)36-24-21(28)14-18(15-23(24)34-3)16-29-31-25(19-10-6-5-7-11-19)30-22-13-9-8-12-20(22)26(31)32/h8-9,12-17,19H,4-7,10-11H2,1-3H3/t17-/m0/s1. The Hall–Kier alpha value is -2.95. The summed E-state index contributed by atoms with van der Waals surface area (Å²) < 4.78 is 18.6. The van der Waals surface area contributed by atoms with E-state index in [0.717, 1.165) is 34.8 Å². The first-order valence-electron chi connectivity index (χ1n) is 12.2. The van der Waals surface area contributed by atoms with Gasteiger partial charge in [0.1, 0.15) is 5.82 Å². The van der Waals surface area contributed by atoms with Gasteiger partial charge in [-0.05, 0) is 79.1 Å². The van der Waals surface area contributed by atoms with Gasteiger partial charge in [-0.3, -0.25) is 4.79 Å². The van der Waals surface area contributed by atoms with Crippen molar-refractivity contribution in [2.24, 2.45) is 5.10 Å². The third-order valence-electron chi connectivity index (χ3n) is 6.24. The van der Waals surface area contributed by atoms with E-state index in [4.69, 9.17) is 19.2 Å². The number of esters is 1. The van der Waals surface area contributed by atoms with Crippen LogP contribution in [-0.4, -0.2) is 41.7 Å². The molecule has 0 aliphatic heterocycles. The number of benzene rings is 2. The number of aromatic nitrogens is 2. The Bertz CT molecular complexity index is 1330. The molecule has 0 bridgehead atoms. The van der Waals surface area contributed by atoms with Gasteiger partial charge in [0.15, 0.2) is 17.6 Å². The van der Waals surface area contributed by atoms with Crippen molar-refractivity contribution in [3.63, 3.8) is 0 Å². The van der Waals surface area contributed by atoms with Gasteiger partial charge < -0.3 is 14.2 Å². The molecule has 0 unspecified atom stereocenters. The van der Waals surface area contributed by atoms with Gasteiger partial charge in [-0.2, -0.15) is 9.78 Å². The first kappa shape index (κ1) is 26.1. The topological polar surface area (TPSA) is 92.0 Å². The van der Waals surface area contributed by atoms with Crippen molar-refractivity contribution in [1.82, 2.24) is 9.66 Å². The minimum Gasteiger partial charge on any atom is -0.493 e. The lowest BCUT2D eigenvalue weighted by molar-refractivity contribution is -0.150. The first-order chi connectivity index (χ1) is 17.4. The SMILES string of the molecule is CCOC(=O)[C@H](C)Oc1c(I)cc(C=Nn2c(C3CCCCC3)nc3ccccc3c2=O)cc1OC. The van der Waals surface area contributed by atoms with Crippen LogP contribution in [0.15, 0.2) is 46.3 Å². The van der Waals surface area contributed by atoms with E-state index in [2.05, 4.69) is 27.7 Å². The van der Waals surface area contributed by atoms with Crippen molar-refractivity contribution < 1.29 is 19.0 Å². The molecule has 1 aromatic heterocycles. The number of rotatable bonds is 8. The molecule has 4 rings (SSSR count). The maximum absolute atomic E-state index is 13.4. The largest absolute Gasteiger partial charge is 0.493 e. The monoisotopic (exact) mass is 603 g/mol. The van der Waals surface area contributed by atoms with E-state index in [1.54, 1.807) is 32.2 Å². The Balaban J connectivity index is 1.71. The summed E-state index contributed by atoms with van der Waals surface area (Å²) in [6.07, 6.45) is 6.29. The van der Waals surface area contributed by atoms with Crippen LogP contribution in [-0.2, 0) is 9.53 Å². The molecule has 190 valence electrons. The van der Waals surface area contributed by atoms with Crippen LogP contribution in [0.3, 0.4) is 0 Å². The number of carbonyl (C=O) groups excluding carboxylic acids is 1. The second-order valence-corrected chi connectivity index (χ2v) is 9.89. The molecule has 36 heavy (non-hydrogen) atoms. The second kappa shape index (κ2) is 11.9. The summed E-state index contributed by atoms with van der Waals surface area (Å²) in [6, 6.07) is 11.0. The molecule has 3 aromatic rings. The fourth-order valence-electron chi connectivity index (χ4n) is 4.42. The van der Waals surface area contributed by atoms with Crippen LogP contribution in [0.4, 0.5) is 0 Å². The van der Waals surface area contributed by atoms with Crippen molar-refractivity contribution in [2.45, 2.75) is 58.0 Å². The highest BCUT2D eigenvalue weighted by Gasteiger charge is 2.23. The summed E-state index contributed by atoms with van der Waals surface area (Å²) in [5, 5.41) is 5.14. The van der Waals surface area contributed by atoms with Crippen molar-refractivity contribution in [3.05, 3.63) is 61.7 Å². The van der Waals surface area contributed by atoms with Gasteiger partial charge in [-0.15, -0.1) is 0 Å². The Kier molecular flexibility index (Phi) is 8.60. The fraction of sp³-hybridized carbons (Fsp3) is 0.407. The lowest BCUT2D eigenvalue weighted by Gasteiger charge is -2.22. The van der Waals surface area contributed by atoms with E-state index in [-0.39, 0.29) is 18.1 Å². The highest BCUT2D eigenvalue weighted by Crippen LogP contribution is 2.35. The van der Waals surface area contributed by atoms with Crippen LogP contribution >= 0.6 is 22.6 Å². The molecule has 1 aliphatic rings. The highest BCUT2D eigenvalue weighted by atomic mass is 127. The van der Waals surface area contributed by atoms with Crippen LogP contribution < -0.4 is 15.0 Å². The summed E-state index contributed by atoms with van der Waals surface area (Å²) in [4.78, 5) is 30.3. The van der Waals surface area contributed by atoms with Crippen molar-refractivity contribution in [2.75, 3.05) is 13.7 Å². The summed E-state index contributed by atoms with van der Waals surface area (Å²) >= 11 is 2.13. The quantitative estimate of drug-likeness (QED) is 0.198. The van der Waals surface area contributed by atoms with Crippen LogP contribution in [0.5, 0.6) is 11.5 Å². The van der Waals surface area contributed by atoms with Crippen LogP contribution in [0, 0.1) is 3.57 Å². The molecule has 1 aliphatic carbocycles. The number of hydrogen-bond acceptors (Lipinski definition) is 7. The van der Waals surface area contributed by atoms with E-state index in [1.165, 1.54) is 18.2 Å². The van der Waals surface area contributed by atoms with Crippen LogP contribution in [0.2, 0.25) is 0 Å². The lowest BCUT2D eigenvalue weighted by atomic mass is 9.88. The third kappa shape index (κ3) is 5.71. The van der Waals surface area contributed by atoms with E-state index in [1.807, 2.05) is 24.3 Å². The number of carbonyl (C=O) groups is 1. The zero-order valence-corrected chi connectivity index (χ0v) is 22.9. The minimum absolute atomic E-state index is 0.178. The predicted molar refractivity (Wildman–Crippen MR) is 147 cm³/mol. The average molecular weight is 603 g/mol. The van der Waals surface area contributed by atoms with Gasteiger partial charge in [0.25, 0.3) is 5.56 Å². The Labute approximate surface area is 223 Å². The maximum atomic E-state index is 13.4. The van der Waals surface area contributed by atoms with E-state index in [9.17, 15) is 9.59 Å². The van der Waals surface area contributed by atoms with Gasteiger partial charge in [0.05, 0.1) is 34.4 Å². The molecule has 0 radical (unpaired) electrons. The van der Waals surface area contributed by atoms with Gasteiger partial charge in [0, 0.05) is 5.92 Å². The van der Waals surface area contributed by atoms with Crippen LogP contribution in [0.1, 0.15) is 63.3 Å². The normalized spacial score (nSPS) is 15.2. The van der Waals surface area contributed by atoms with E-state index >= 15 is 0 Å². The van der Waals surface area contributed by atoms with Crippen molar-refractivity contribution in [3.8, 4) is 11.5 Å². The van der Waals surface area contributed by atoms with Gasteiger partial charge in [0.2, 0.25) is 0 Å². The average Bonchev–Trinajstić information content (AvgIpc) is 2.89. The van der Waals surface area contributed by atoms with Gasteiger partial charge in [-0.25, -0.2) is 9.78 Å². The smallest absolute Gasteiger partial charge is 0.347 e. The van der Waals surface area contributed by atoms with E-state index < -0.39 is 12.1 Å². The highest BCUT2D eigenvalue weighted by molar-refractivity contribution is 14.1. The zero-order chi connectivity index (χ0) is 25.7. The molecule has 8 nitrogen and oxygen atoms in total. The molecule has 1 fully saturated rings.